The number of benzene rings is 2. The molecule has 0 unspecified atom stereocenters. The van der Waals surface area contributed by atoms with E-state index in [-0.39, 0.29) is 30.9 Å². The van der Waals surface area contributed by atoms with Crippen LogP contribution in [0.25, 0.3) is 0 Å². The third-order valence-corrected chi connectivity index (χ3v) is 6.31. The van der Waals surface area contributed by atoms with Crippen LogP contribution in [0.15, 0.2) is 53.5 Å². The highest BCUT2D eigenvalue weighted by Gasteiger charge is 2.27. The first-order valence-electron chi connectivity index (χ1n) is 11.1. The molecule has 192 valence electrons. The van der Waals surface area contributed by atoms with Gasteiger partial charge in [0, 0.05) is 12.1 Å². The van der Waals surface area contributed by atoms with Crippen LogP contribution in [0.4, 0.5) is 0 Å². The molecule has 5 N–H and O–H groups in total. The molecule has 0 aromatic heterocycles. The van der Waals surface area contributed by atoms with Crippen LogP contribution in [0.3, 0.4) is 0 Å². The molecule has 2 aromatic carbocycles. The predicted molar refractivity (Wildman–Crippen MR) is 137 cm³/mol. The fraction of sp³-hybridized carbons (Fsp3) is 0.417. The third-order valence-electron chi connectivity index (χ3n) is 4.97. The van der Waals surface area contributed by atoms with Gasteiger partial charge >= 0.3 is 0 Å². The number of methoxy groups -OCH3 is 2. The highest BCUT2D eigenvalue weighted by Crippen LogP contribution is 2.27. The summed E-state index contributed by atoms with van der Waals surface area (Å²) in [6.45, 7) is 5.49. The molecule has 10 nitrogen and oxygen atoms in total. The molecule has 1 amide bonds. The maximum Gasteiger partial charge on any atom is 0.277 e. The van der Waals surface area contributed by atoms with E-state index in [1.165, 1.54) is 14.2 Å². The fourth-order valence-electron chi connectivity index (χ4n) is 3.63. The van der Waals surface area contributed by atoms with E-state index in [1.54, 1.807) is 39.0 Å². The van der Waals surface area contributed by atoms with Crippen LogP contribution in [0.1, 0.15) is 38.3 Å². The Morgan fingerprint density at radius 3 is 2.34 bits per heavy atom. The first-order chi connectivity index (χ1) is 16.4. The summed E-state index contributed by atoms with van der Waals surface area (Å²) >= 11 is 0. The number of nitrogens with one attached hydrogen (secondary N) is 3. The highest BCUT2D eigenvalue weighted by atomic mass is 32.2. The first-order valence-corrected chi connectivity index (χ1v) is 12.6. The molecule has 0 aliphatic heterocycles. The second-order valence-electron chi connectivity index (χ2n) is 8.78. The SMILES string of the molecule is COc1ccc(CC(=O)NC(N)=N[C@H](C)CC(C)(C)NS(=O)(=O)NCc2ccccc2)cc1OC. The lowest BCUT2D eigenvalue weighted by Crippen LogP contribution is -2.49. The summed E-state index contributed by atoms with van der Waals surface area (Å²) in [6.07, 6.45) is 0.425. The summed E-state index contributed by atoms with van der Waals surface area (Å²) in [5, 5.41) is 2.56. The molecule has 11 heteroatoms. The van der Waals surface area contributed by atoms with E-state index in [9.17, 15) is 13.2 Å². The van der Waals surface area contributed by atoms with Gasteiger partial charge in [0.2, 0.25) is 5.91 Å². The van der Waals surface area contributed by atoms with Crippen molar-refractivity contribution in [2.75, 3.05) is 14.2 Å². The lowest BCUT2D eigenvalue weighted by Gasteiger charge is -2.28. The van der Waals surface area contributed by atoms with E-state index in [0.717, 1.165) is 11.1 Å². The van der Waals surface area contributed by atoms with Gasteiger partial charge in [0.25, 0.3) is 10.2 Å². The quantitative estimate of drug-likeness (QED) is 0.256. The van der Waals surface area contributed by atoms with E-state index in [1.807, 2.05) is 30.3 Å². The van der Waals surface area contributed by atoms with Crippen molar-refractivity contribution in [1.29, 1.82) is 0 Å². The molecule has 0 heterocycles. The molecule has 35 heavy (non-hydrogen) atoms. The molecule has 0 fully saturated rings. The number of amides is 1. The van der Waals surface area contributed by atoms with E-state index in [4.69, 9.17) is 15.2 Å². The Kier molecular flexibility index (Phi) is 10.1. The average Bonchev–Trinajstić information content (AvgIpc) is 2.76. The molecule has 0 aliphatic carbocycles. The maximum atomic E-state index is 12.5. The zero-order chi connectivity index (χ0) is 26.1. The minimum Gasteiger partial charge on any atom is -0.493 e. The summed E-state index contributed by atoms with van der Waals surface area (Å²) < 4.78 is 40.6. The first kappa shape index (κ1) is 28.1. The van der Waals surface area contributed by atoms with Crippen LogP contribution >= 0.6 is 0 Å². The maximum absolute atomic E-state index is 12.5. The zero-order valence-corrected chi connectivity index (χ0v) is 21.6. The molecular formula is C24H35N5O5S. The minimum atomic E-state index is -3.74. The van der Waals surface area contributed by atoms with Gasteiger partial charge in [0.15, 0.2) is 17.5 Å². The summed E-state index contributed by atoms with van der Waals surface area (Å²) in [6, 6.07) is 14.1. The van der Waals surface area contributed by atoms with E-state index < -0.39 is 15.7 Å². The molecular weight excluding hydrogens is 470 g/mol. The number of carbonyl (C=O) groups is 1. The molecule has 0 saturated carbocycles. The second-order valence-corrected chi connectivity index (χ2v) is 10.3. The van der Waals surface area contributed by atoms with Gasteiger partial charge in [-0.1, -0.05) is 36.4 Å². The highest BCUT2D eigenvalue weighted by molar-refractivity contribution is 7.87. The van der Waals surface area contributed by atoms with Crippen molar-refractivity contribution in [3.05, 3.63) is 59.7 Å². The Balaban J connectivity index is 1.89. The number of nitrogens with zero attached hydrogens (tertiary/aromatic N) is 1. The van der Waals surface area contributed by atoms with Gasteiger partial charge < -0.3 is 15.2 Å². The third kappa shape index (κ3) is 9.93. The second kappa shape index (κ2) is 12.5. The molecule has 0 radical (unpaired) electrons. The van der Waals surface area contributed by atoms with Crippen molar-refractivity contribution in [2.24, 2.45) is 10.7 Å². The lowest BCUT2D eigenvalue weighted by atomic mass is 9.98. The predicted octanol–water partition coefficient (Wildman–Crippen LogP) is 1.86. The standard InChI is InChI=1S/C24H35N5O5S/c1-17(15-24(2,3)29-35(31,32)26-16-18-9-7-6-8-10-18)27-23(25)28-22(30)14-19-11-12-20(33-4)21(13-19)34-5/h6-13,17,26,29H,14-16H2,1-5H3,(H3,25,27,28,30)/t17-/m1/s1. The Hall–Kier alpha value is -3.15. The molecule has 1 atom stereocenters. The largest absolute Gasteiger partial charge is 0.493 e. The number of hydrogen-bond donors (Lipinski definition) is 4. The van der Waals surface area contributed by atoms with Gasteiger partial charge in [0.1, 0.15) is 0 Å². The Morgan fingerprint density at radius 1 is 1.06 bits per heavy atom. The summed E-state index contributed by atoms with van der Waals surface area (Å²) in [5.74, 6) is 0.718. The van der Waals surface area contributed by atoms with Crippen LogP contribution < -0.4 is 30.0 Å². The summed E-state index contributed by atoms with van der Waals surface area (Å²) in [5.41, 5.74) is 6.68. The number of ether oxygens (including phenoxy) is 2. The van der Waals surface area contributed by atoms with E-state index in [0.29, 0.717) is 17.9 Å². The molecule has 0 saturated heterocycles. The number of aliphatic imine (C=N–C) groups is 1. The zero-order valence-electron chi connectivity index (χ0n) is 20.8. The van der Waals surface area contributed by atoms with Crippen molar-refractivity contribution in [1.82, 2.24) is 14.8 Å². The van der Waals surface area contributed by atoms with Crippen molar-refractivity contribution in [3.8, 4) is 11.5 Å². The molecule has 0 bridgehead atoms. The lowest BCUT2D eigenvalue weighted by molar-refractivity contribution is -0.119. The van der Waals surface area contributed by atoms with Gasteiger partial charge in [-0.2, -0.15) is 17.9 Å². The van der Waals surface area contributed by atoms with Crippen LogP contribution in [-0.4, -0.2) is 46.1 Å². The van der Waals surface area contributed by atoms with Crippen LogP contribution in [-0.2, 0) is 28.0 Å². The molecule has 2 rings (SSSR count). The number of carbonyl (C=O) groups excluding carboxylic acids is 1. The summed E-state index contributed by atoms with van der Waals surface area (Å²) in [7, 11) is -0.684. The topological polar surface area (TPSA) is 144 Å². The smallest absolute Gasteiger partial charge is 0.277 e. The fourth-order valence-corrected chi connectivity index (χ4v) is 4.87. The van der Waals surface area contributed by atoms with E-state index in [2.05, 4.69) is 19.8 Å². The van der Waals surface area contributed by atoms with Gasteiger partial charge in [0.05, 0.1) is 26.7 Å². The van der Waals surface area contributed by atoms with Gasteiger partial charge in [-0.05, 0) is 50.5 Å². The van der Waals surface area contributed by atoms with Gasteiger partial charge in [-0.25, -0.2) is 4.99 Å². The van der Waals surface area contributed by atoms with Crippen molar-refractivity contribution in [2.45, 2.75) is 51.7 Å². The van der Waals surface area contributed by atoms with Crippen LogP contribution in [0.5, 0.6) is 11.5 Å². The van der Waals surface area contributed by atoms with Crippen LogP contribution in [0.2, 0.25) is 0 Å². The molecule has 0 spiro atoms. The summed E-state index contributed by atoms with van der Waals surface area (Å²) in [4.78, 5) is 16.7. The molecule has 2 aromatic rings. The van der Waals surface area contributed by atoms with Crippen molar-refractivity contribution < 1.29 is 22.7 Å². The Bertz CT molecular complexity index is 1120. The van der Waals surface area contributed by atoms with Crippen molar-refractivity contribution >= 4 is 22.1 Å². The Labute approximate surface area is 207 Å². The van der Waals surface area contributed by atoms with Crippen molar-refractivity contribution in [3.63, 3.8) is 0 Å². The van der Waals surface area contributed by atoms with E-state index >= 15 is 0 Å². The van der Waals surface area contributed by atoms with Gasteiger partial charge in [-0.3, -0.25) is 10.1 Å². The normalized spacial score (nSPS) is 13.2. The Morgan fingerprint density at radius 2 is 1.71 bits per heavy atom. The monoisotopic (exact) mass is 505 g/mol. The minimum absolute atomic E-state index is 0.0381. The molecule has 0 aliphatic rings. The van der Waals surface area contributed by atoms with Crippen LogP contribution in [0, 0.1) is 0 Å². The number of hydrogen-bond acceptors (Lipinski definition) is 6. The van der Waals surface area contributed by atoms with Gasteiger partial charge in [-0.15, -0.1) is 0 Å². The number of rotatable bonds is 12. The number of guanidine groups is 1. The average molecular weight is 506 g/mol. The number of nitrogens with two attached hydrogens (primary N) is 1.